The number of hydrogen-bond donors (Lipinski definition) is 2. The monoisotopic (exact) mass is 912 g/mol. The number of piperidine rings is 2. The molecule has 5 aromatic rings. The molecule has 1 unspecified atom stereocenters. The highest BCUT2D eigenvalue weighted by Crippen LogP contribution is 2.37. The molecule has 16 nitrogen and oxygen atoms in total. The number of para-hydroxylation sites is 1. The normalized spacial score (nSPS) is 19.4. The highest BCUT2D eigenvalue weighted by Gasteiger charge is 2.45. The summed E-state index contributed by atoms with van der Waals surface area (Å²) in [4.78, 5) is 81.9. The van der Waals surface area contributed by atoms with E-state index in [0.717, 1.165) is 118 Å². The third kappa shape index (κ3) is 9.98. The topological polar surface area (TPSA) is 189 Å². The average Bonchev–Trinajstić information content (AvgIpc) is 3.85. The van der Waals surface area contributed by atoms with Crippen LogP contribution in [0.15, 0.2) is 84.0 Å². The van der Waals surface area contributed by atoms with E-state index < -0.39 is 23.8 Å². The van der Waals surface area contributed by atoms with Gasteiger partial charge < -0.3 is 25.2 Å². The first-order valence-electron chi connectivity index (χ1n) is 23.2. The van der Waals surface area contributed by atoms with Crippen molar-refractivity contribution in [3.8, 4) is 22.8 Å². The van der Waals surface area contributed by atoms with Crippen molar-refractivity contribution in [2.75, 3.05) is 63.8 Å². The second-order valence-electron chi connectivity index (χ2n) is 17.5. The van der Waals surface area contributed by atoms with Crippen LogP contribution in [-0.4, -0.2) is 133 Å². The number of aromatic nitrogens is 4. The maximum atomic E-state index is 13.6. The van der Waals surface area contributed by atoms with Crippen LogP contribution in [0.4, 0.5) is 5.82 Å². The smallest absolute Gasteiger partial charge is 0.263 e. The molecule has 3 saturated heterocycles. The highest BCUT2D eigenvalue weighted by atomic mass is 32.2. The van der Waals surface area contributed by atoms with Crippen LogP contribution in [0, 0.1) is 0 Å². The number of nitrogens with one attached hydrogen (secondary N) is 1. The van der Waals surface area contributed by atoms with Crippen LogP contribution < -0.4 is 15.8 Å². The van der Waals surface area contributed by atoms with E-state index in [2.05, 4.69) is 25.1 Å². The van der Waals surface area contributed by atoms with Gasteiger partial charge in [0.25, 0.3) is 11.8 Å². The van der Waals surface area contributed by atoms with E-state index in [-0.39, 0.29) is 30.7 Å². The van der Waals surface area contributed by atoms with Gasteiger partial charge in [0.05, 0.1) is 22.6 Å². The molecule has 0 aliphatic carbocycles. The Labute approximate surface area is 388 Å². The summed E-state index contributed by atoms with van der Waals surface area (Å²) >= 11 is 1.58. The Balaban J connectivity index is 0.675. The summed E-state index contributed by atoms with van der Waals surface area (Å²) in [6.45, 7) is 7.35. The number of thioether (sulfide) groups is 1. The predicted octanol–water partition coefficient (Wildman–Crippen LogP) is 6.18. The Morgan fingerprint density at radius 1 is 0.788 bits per heavy atom. The van der Waals surface area contributed by atoms with Gasteiger partial charge >= 0.3 is 0 Å². The molecular weight excluding hydrogens is 857 g/mol. The Bertz CT molecular complexity index is 2580. The summed E-state index contributed by atoms with van der Waals surface area (Å²) in [5.41, 5.74) is 9.39. The number of fused-ring (bicyclic) bond motifs is 2. The van der Waals surface area contributed by atoms with Crippen molar-refractivity contribution in [2.24, 2.45) is 0 Å². The Morgan fingerprint density at radius 2 is 1.53 bits per heavy atom. The zero-order chi connectivity index (χ0) is 45.6. The van der Waals surface area contributed by atoms with E-state index in [1.807, 2.05) is 70.2 Å². The van der Waals surface area contributed by atoms with Gasteiger partial charge in [-0.2, -0.15) is 5.10 Å². The van der Waals surface area contributed by atoms with Gasteiger partial charge in [-0.3, -0.25) is 34.2 Å². The molecule has 4 aliphatic rings. The van der Waals surface area contributed by atoms with Gasteiger partial charge in [-0.1, -0.05) is 37.1 Å². The van der Waals surface area contributed by atoms with Gasteiger partial charge in [-0.05, 0) is 106 Å². The van der Waals surface area contributed by atoms with E-state index in [9.17, 15) is 24.0 Å². The molecule has 0 saturated carbocycles. The minimum Gasteiger partial charge on any atom is -0.457 e. The highest BCUT2D eigenvalue weighted by molar-refractivity contribution is 7.99. The number of piperazine rings is 1. The number of imide groups is 2. The van der Waals surface area contributed by atoms with Crippen LogP contribution in [0.5, 0.6) is 11.5 Å². The summed E-state index contributed by atoms with van der Waals surface area (Å²) in [6, 6.07) is 21.7. The lowest BCUT2D eigenvalue weighted by Gasteiger charge is -2.35. The van der Waals surface area contributed by atoms with Crippen molar-refractivity contribution in [3.63, 3.8) is 0 Å². The average molecular weight is 913 g/mol. The van der Waals surface area contributed by atoms with Crippen molar-refractivity contribution in [2.45, 2.75) is 81.2 Å². The van der Waals surface area contributed by atoms with Crippen molar-refractivity contribution in [1.82, 2.24) is 44.7 Å². The SMILES string of the molecule is Nc1ncnc2c1c(-c1ccc(Oc3ccccc3)cc1)nn2[C@@H]1CCCN(C(=O)CCCN2CCN(CCCCCCSc3cccc4c3C(=O)N(C3CCC(=O)NC3=O)C4=O)CC2)C1. The van der Waals surface area contributed by atoms with Crippen LogP contribution >= 0.6 is 11.8 Å². The fourth-order valence-corrected chi connectivity index (χ4v) is 10.6. The summed E-state index contributed by atoms with van der Waals surface area (Å²) in [6.07, 6.45) is 9.14. The number of anilines is 1. The van der Waals surface area contributed by atoms with Crippen LogP contribution in [0.3, 0.4) is 0 Å². The zero-order valence-corrected chi connectivity index (χ0v) is 37.9. The first kappa shape index (κ1) is 45.0. The number of carbonyl (C=O) groups excluding carboxylic acids is 5. The number of nitrogens with two attached hydrogens (primary N) is 1. The number of nitrogens with zero attached hydrogens (tertiary/aromatic N) is 8. The molecule has 0 spiro atoms. The molecule has 9 rings (SSSR count). The Kier molecular flexibility index (Phi) is 14.0. The van der Waals surface area contributed by atoms with E-state index >= 15 is 0 Å². The number of nitrogen functional groups attached to an aromatic ring is 1. The fraction of sp³-hybridized carbons (Fsp3) is 0.429. The molecule has 3 fully saturated rings. The summed E-state index contributed by atoms with van der Waals surface area (Å²) < 4.78 is 7.95. The summed E-state index contributed by atoms with van der Waals surface area (Å²) in [7, 11) is 0. The summed E-state index contributed by atoms with van der Waals surface area (Å²) in [5, 5.41) is 8.03. The second-order valence-corrected chi connectivity index (χ2v) is 18.6. The third-order valence-corrected chi connectivity index (χ3v) is 14.2. The summed E-state index contributed by atoms with van der Waals surface area (Å²) in [5.74, 6) is 0.944. The minimum atomic E-state index is -0.963. The molecule has 0 radical (unpaired) electrons. The number of unbranched alkanes of at least 4 members (excludes halogenated alkanes) is 3. The van der Waals surface area contributed by atoms with Crippen molar-refractivity contribution in [3.05, 3.63) is 90.3 Å². The third-order valence-electron chi connectivity index (χ3n) is 13.1. The van der Waals surface area contributed by atoms with Crippen molar-refractivity contribution >= 4 is 58.1 Å². The number of ether oxygens (including phenoxy) is 1. The zero-order valence-electron chi connectivity index (χ0n) is 37.1. The number of rotatable bonds is 17. The molecule has 66 heavy (non-hydrogen) atoms. The van der Waals surface area contributed by atoms with Gasteiger partial charge in [0, 0.05) is 62.6 Å². The van der Waals surface area contributed by atoms with Gasteiger partial charge in [-0.25, -0.2) is 14.6 Å². The molecule has 3 aromatic carbocycles. The molecule has 0 bridgehead atoms. The van der Waals surface area contributed by atoms with Gasteiger partial charge in [0.1, 0.15) is 35.4 Å². The van der Waals surface area contributed by atoms with Crippen molar-refractivity contribution in [1.29, 1.82) is 0 Å². The number of likely N-dealkylation sites (tertiary alicyclic amines) is 1. The number of benzene rings is 3. The van der Waals surface area contributed by atoms with Gasteiger partial charge in [0.15, 0.2) is 5.65 Å². The second kappa shape index (κ2) is 20.6. The lowest BCUT2D eigenvalue weighted by molar-refractivity contribution is -0.136. The number of amides is 5. The molecular formula is C49H56N10O6S. The largest absolute Gasteiger partial charge is 0.457 e. The molecule has 344 valence electrons. The van der Waals surface area contributed by atoms with Crippen molar-refractivity contribution < 1.29 is 28.7 Å². The lowest BCUT2D eigenvalue weighted by atomic mass is 10.0. The van der Waals surface area contributed by atoms with Crippen LogP contribution in [0.25, 0.3) is 22.3 Å². The van der Waals surface area contributed by atoms with E-state index in [4.69, 9.17) is 15.6 Å². The quantitative estimate of drug-likeness (QED) is 0.0612. The standard InChI is InChI=1S/C49H56N10O6S/c50-45-43-44(33-17-19-36(20-18-33)65-35-12-4-3-5-13-35)54-59(46(43)52-32-51-45)34-11-9-25-57(31-34)41(61)16-10-24-56-28-26-55(27-29-56)23-6-1-2-7-30-66-39-15-8-14-37-42(39)49(64)58(48(37)63)38-21-22-40(60)53-47(38)62/h3-5,8,12-15,17-20,32,34,38H,1-2,6-7,9-11,16,21-31H2,(H2,50,51,52)(H,53,60,62)/t34-,38?/m1/s1. The molecule has 5 amide bonds. The maximum Gasteiger partial charge on any atom is 0.263 e. The number of hydrogen-bond acceptors (Lipinski definition) is 13. The predicted molar refractivity (Wildman–Crippen MR) is 251 cm³/mol. The first-order valence-corrected chi connectivity index (χ1v) is 24.2. The van der Waals surface area contributed by atoms with E-state index in [1.54, 1.807) is 23.9 Å². The molecule has 17 heteroatoms. The maximum absolute atomic E-state index is 13.6. The van der Waals surface area contributed by atoms with E-state index in [1.165, 1.54) is 6.33 Å². The first-order chi connectivity index (χ1) is 32.2. The minimum absolute atomic E-state index is 0.0299. The number of carbonyl (C=O) groups is 5. The fourth-order valence-electron chi connectivity index (χ4n) is 9.56. The Morgan fingerprint density at radius 3 is 2.30 bits per heavy atom. The molecule has 6 heterocycles. The van der Waals surface area contributed by atoms with Crippen LogP contribution in [0.1, 0.15) is 91.0 Å². The van der Waals surface area contributed by atoms with Crippen LogP contribution in [-0.2, 0) is 14.4 Å². The lowest BCUT2D eigenvalue weighted by Crippen LogP contribution is -2.54. The molecule has 4 aliphatic heterocycles. The molecule has 3 N–H and O–H groups in total. The van der Waals surface area contributed by atoms with E-state index in [0.29, 0.717) is 52.4 Å². The molecule has 2 atom stereocenters. The van der Waals surface area contributed by atoms with Crippen LogP contribution in [0.2, 0.25) is 0 Å². The Hall–Kier alpha value is -6.17. The van der Waals surface area contributed by atoms with Gasteiger partial charge in [0.2, 0.25) is 17.7 Å². The molecule has 2 aromatic heterocycles. The van der Waals surface area contributed by atoms with Gasteiger partial charge in [-0.15, -0.1) is 11.8 Å².